The van der Waals surface area contributed by atoms with Gasteiger partial charge in [-0.2, -0.15) is 4.98 Å². The fraction of sp³-hybridized carbons (Fsp3) is 0.296. The van der Waals surface area contributed by atoms with Gasteiger partial charge in [0.15, 0.2) is 0 Å². The molecule has 2 aromatic carbocycles. The Bertz CT molecular complexity index is 1390. The van der Waals surface area contributed by atoms with E-state index in [0.717, 1.165) is 22.3 Å². The lowest BCUT2D eigenvalue weighted by atomic mass is 10.1. The Kier molecular flexibility index (Phi) is 7.48. The number of aromatic nitrogens is 4. The van der Waals surface area contributed by atoms with Gasteiger partial charge in [-0.05, 0) is 24.3 Å². The van der Waals surface area contributed by atoms with Gasteiger partial charge in [-0.15, -0.1) is 0 Å². The average Bonchev–Trinajstić information content (AvgIpc) is 2.96. The van der Waals surface area contributed by atoms with Crippen LogP contribution >= 0.6 is 0 Å². The number of nitrogens with one attached hydrogen (secondary N) is 1. The van der Waals surface area contributed by atoms with Gasteiger partial charge < -0.3 is 24.6 Å². The van der Waals surface area contributed by atoms with Crippen LogP contribution in [0.2, 0.25) is 0 Å². The van der Waals surface area contributed by atoms with Crippen LogP contribution in [-0.4, -0.2) is 79.5 Å². The highest BCUT2D eigenvalue weighted by Crippen LogP contribution is 2.24. The predicted molar refractivity (Wildman–Crippen MR) is 143 cm³/mol. The quantitative estimate of drug-likeness (QED) is 0.391. The second-order valence-electron chi connectivity index (χ2n) is 8.70. The number of para-hydroxylation sites is 2. The largest absolute Gasteiger partial charge is 0.383 e. The van der Waals surface area contributed by atoms with E-state index < -0.39 is 0 Å². The molecule has 1 saturated heterocycles. The van der Waals surface area contributed by atoms with Crippen LogP contribution in [0.4, 0.5) is 17.5 Å². The van der Waals surface area contributed by atoms with E-state index in [1.807, 2.05) is 65.4 Å². The molecule has 1 aliphatic rings. The Balaban J connectivity index is 1.40. The number of fused-ring (bicyclic) bond motifs is 1. The van der Waals surface area contributed by atoms with Crippen molar-refractivity contribution in [2.24, 2.45) is 0 Å². The lowest BCUT2D eigenvalue weighted by Gasteiger charge is -2.28. The number of anilines is 3. The summed E-state index contributed by atoms with van der Waals surface area (Å²) in [6.45, 7) is 3.70. The molecule has 5 rings (SSSR count). The summed E-state index contributed by atoms with van der Waals surface area (Å²) in [5.41, 5.74) is 4.16. The zero-order valence-electron chi connectivity index (χ0n) is 20.9. The van der Waals surface area contributed by atoms with E-state index in [2.05, 4.69) is 15.3 Å². The van der Waals surface area contributed by atoms with Crippen molar-refractivity contribution in [1.82, 2.24) is 19.9 Å². The Labute approximate surface area is 215 Å². The average molecular weight is 500 g/mol. The number of likely N-dealkylation sites (N-methyl/N-ethyl adjacent to an activating group) is 1. The molecule has 1 amide bonds. The topological polar surface area (TPSA) is 106 Å². The first kappa shape index (κ1) is 24.5. The first-order chi connectivity index (χ1) is 18.1. The van der Waals surface area contributed by atoms with Crippen molar-refractivity contribution >= 4 is 34.4 Å². The molecule has 0 radical (unpaired) electrons. The zero-order valence-corrected chi connectivity index (χ0v) is 20.9. The Morgan fingerprint density at radius 2 is 1.86 bits per heavy atom. The van der Waals surface area contributed by atoms with Crippen LogP contribution in [-0.2, 0) is 9.47 Å². The molecule has 1 aliphatic heterocycles. The normalized spacial score (nSPS) is 13.5. The second kappa shape index (κ2) is 11.3. The van der Waals surface area contributed by atoms with Crippen molar-refractivity contribution < 1.29 is 14.3 Å². The van der Waals surface area contributed by atoms with Crippen LogP contribution in [0.25, 0.3) is 22.3 Å². The summed E-state index contributed by atoms with van der Waals surface area (Å²) in [4.78, 5) is 35.9. The van der Waals surface area contributed by atoms with Crippen molar-refractivity contribution in [3.63, 3.8) is 0 Å². The molecule has 0 saturated carbocycles. The molecule has 2 aromatic heterocycles. The predicted octanol–water partition coefficient (Wildman–Crippen LogP) is 3.26. The van der Waals surface area contributed by atoms with Gasteiger partial charge in [0.1, 0.15) is 11.5 Å². The van der Waals surface area contributed by atoms with Crippen LogP contribution < -0.4 is 15.1 Å². The number of benzene rings is 2. The second-order valence-corrected chi connectivity index (χ2v) is 8.70. The van der Waals surface area contributed by atoms with Crippen LogP contribution in [0, 0.1) is 0 Å². The van der Waals surface area contributed by atoms with Gasteiger partial charge >= 0.3 is 0 Å². The highest BCUT2D eigenvalue weighted by molar-refractivity contribution is 6.03. The molecule has 1 fully saturated rings. The molecular weight excluding hydrogens is 470 g/mol. The number of hydrogen-bond acceptors (Lipinski definition) is 9. The summed E-state index contributed by atoms with van der Waals surface area (Å²) in [5.74, 6) is 0.842. The van der Waals surface area contributed by atoms with E-state index in [1.165, 1.54) is 0 Å². The van der Waals surface area contributed by atoms with Gasteiger partial charge in [-0.1, -0.05) is 24.3 Å². The van der Waals surface area contributed by atoms with Crippen LogP contribution in [0.1, 0.15) is 10.5 Å². The molecule has 4 aromatic rings. The molecule has 10 nitrogen and oxygen atoms in total. The van der Waals surface area contributed by atoms with Gasteiger partial charge in [0, 0.05) is 51.1 Å². The minimum absolute atomic E-state index is 0.284. The number of methoxy groups -OCH3 is 1. The maximum atomic E-state index is 13.3. The number of nitrogens with zero attached hydrogens (tertiary/aromatic N) is 6. The van der Waals surface area contributed by atoms with Crippen molar-refractivity contribution in [1.29, 1.82) is 0 Å². The van der Waals surface area contributed by atoms with E-state index in [-0.39, 0.29) is 11.6 Å². The monoisotopic (exact) mass is 499 g/mol. The maximum absolute atomic E-state index is 13.3. The maximum Gasteiger partial charge on any atom is 0.274 e. The fourth-order valence-corrected chi connectivity index (χ4v) is 4.03. The molecular formula is C27H29N7O3. The number of carbonyl (C=O) groups is 1. The molecule has 0 atom stereocenters. The van der Waals surface area contributed by atoms with Crippen LogP contribution in [0.15, 0.2) is 60.8 Å². The summed E-state index contributed by atoms with van der Waals surface area (Å²) < 4.78 is 10.7. The molecule has 0 aliphatic carbocycles. The molecule has 10 heteroatoms. The van der Waals surface area contributed by atoms with Crippen molar-refractivity contribution in [3.8, 4) is 11.3 Å². The number of morpholine rings is 1. The fourth-order valence-electron chi connectivity index (χ4n) is 4.03. The summed E-state index contributed by atoms with van der Waals surface area (Å²) in [7, 11) is 3.57. The molecule has 37 heavy (non-hydrogen) atoms. The SMILES string of the molecule is COCCN(C)c1cc(C(=O)Nc2cccc(-c3cnc4ccccc4n3)c2)nc(N2CCOCC2)n1. The third-order valence-corrected chi connectivity index (χ3v) is 6.11. The lowest BCUT2D eigenvalue weighted by molar-refractivity contribution is 0.102. The highest BCUT2D eigenvalue weighted by atomic mass is 16.5. The number of carbonyl (C=O) groups excluding carboxylic acids is 1. The minimum atomic E-state index is -0.319. The number of amides is 1. The Morgan fingerprint density at radius 1 is 1.05 bits per heavy atom. The van der Waals surface area contributed by atoms with Crippen molar-refractivity contribution in [2.75, 3.05) is 68.7 Å². The van der Waals surface area contributed by atoms with E-state index >= 15 is 0 Å². The number of ether oxygens (including phenoxy) is 2. The van der Waals surface area contributed by atoms with Crippen LogP contribution in [0.5, 0.6) is 0 Å². The highest BCUT2D eigenvalue weighted by Gasteiger charge is 2.20. The zero-order chi connectivity index (χ0) is 25.6. The molecule has 1 N–H and O–H groups in total. The summed E-state index contributed by atoms with van der Waals surface area (Å²) in [5, 5.41) is 2.98. The summed E-state index contributed by atoms with van der Waals surface area (Å²) in [6, 6.07) is 17.0. The smallest absolute Gasteiger partial charge is 0.274 e. The Morgan fingerprint density at radius 3 is 2.68 bits per heavy atom. The van der Waals surface area contributed by atoms with Gasteiger partial charge in [0.25, 0.3) is 5.91 Å². The standard InChI is InChI=1S/C27H29N7O3/c1-33(10-13-36-2)25-17-23(31-27(32-25)34-11-14-37-15-12-34)26(35)29-20-7-5-6-19(16-20)24-18-28-21-8-3-4-9-22(21)30-24/h3-9,16-18H,10-15H2,1-2H3,(H,29,35). The number of rotatable bonds is 8. The van der Waals surface area contributed by atoms with E-state index in [4.69, 9.17) is 19.4 Å². The van der Waals surface area contributed by atoms with Crippen molar-refractivity contribution in [2.45, 2.75) is 0 Å². The van der Waals surface area contributed by atoms with Gasteiger partial charge in [-0.3, -0.25) is 9.78 Å². The van der Waals surface area contributed by atoms with E-state index in [1.54, 1.807) is 19.4 Å². The van der Waals surface area contributed by atoms with E-state index in [9.17, 15) is 4.79 Å². The molecule has 3 heterocycles. The Hall–Kier alpha value is -4.15. The summed E-state index contributed by atoms with van der Waals surface area (Å²) in [6.07, 6.45) is 1.74. The first-order valence-electron chi connectivity index (χ1n) is 12.2. The van der Waals surface area contributed by atoms with Gasteiger partial charge in [0.2, 0.25) is 5.95 Å². The molecule has 0 bridgehead atoms. The van der Waals surface area contributed by atoms with Crippen molar-refractivity contribution in [3.05, 3.63) is 66.5 Å². The van der Waals surface area contributed by atoms with Gasteiger partial charge in [0.05, 0.1) is 42.7 Å². The minimum Gasteiger partial charge on any atom is -0.383 e. The molecule has 190 valence electrons. The number of hydrogen-bond donors (Lipinski definition) is 1. The lowest BCUT2D eigenvalue weighted by Crippen LogP contribution is -2.38. The molecule has 0 unspecified atom stereocenters. The third kappa shape index (κ3) is 5.82. The first-order valence-corrected chi connectivity index (χ1v) is 12.2. The van der Waals surface area contributed by atoms with E-state index in [0.29, 0.717) is 56.9 Å². The van der Waals surface area contributed by atoms with Crippen LogP contribution in [0.3, 0.4) is 0 Å². The third-order valence-electron chi connectivity index (χ3n) is 6.11. The van der Waals surface area contributed by atoms with Gasteiger partial charge in [-0.25, -0.2) is 9.97 Å². The molecule has 0 spiro atoms. The summed E-state index contributed by atoms with van der Waals surface area (Å²) >= 11 is 0.